The van der Waals surface area contributed by atoms with E-state index >= 15 is 0 Å². The molecule has 3 heterocycles. The molecule has 3 aromatic rings. The van der Waals surface area contributed by atoms with Crippen LogP contribution in [0.15, 0.2) is 41.1 Å². The first-order valence-corrected chi connectivity index (χ1v) is 6.82. The molecule has 0 aliphatic carbocycles. The van der Waals surface area contributed by atoms with Crippen molar-refractivity contribution in [3.63, 3.8) is 0 Å². The Morgan fingerprint density at radius 3 is 3.00 bits per heavy atom. The Kier molecular flexibility index (Phi) is 2.54. The second kappa shape index (κ2) is 4.41. The van der Waals surface area contributed by atoms with E-state index in [2.05, 4.69) is 10.3 Å². The minimum Gasteiger partial charge on any atom is -0.464 e. The van der Waals surface area contributed by atoms with Gasteiger partial charge in [-0.2, -0.15) is 0 Å². The Labute approximate surface area is 120 Å². The van der Waals surface area contributed by atoms with Crippen molar-refractivity contribution >= 4 is 33.7 Å². The van der Waals surface area contributed by atoms with Crippen LogP contribution < -0.4 is 5.32 Å². The van der Waals surface area contributed by atoms with Gasteiger partial charge in [-0.05, 0) is 24.6 Å². The third-order valence-corrected chi connectivity index (χ3v) is 3.96. The van der Waals surface area contributed by atoms with Gasteiger partial charge in [0.25, 0.3) is 0 Å². The summed E-state index contributed by atoms with van der Waals surface area (Å²) < 4.78 is 5.59. The van der Waals surface area contributed by atoms with Crippen molar-refractivity contribution in [3.8, 4) is 0 Å². The summed E-state index contributed by atoms with van der Waals surface area (Å²) >= 11 is 0. The number of hydrogen-bond donors (Lipinski definition) is 1. The maximum atomic E-state index is 12.1. The molecule has 0 radical (unpaired) electrons. The lowest BCUT2D eigenvalue weighted by molar-refractivity contribution is -0.134. The second-order valence-corrected chi connectivity index (χ2v) is 5.20. The van der Waals surface area contributed by atoms with E-state index in [-0.39, 0.29) is 17.7 Å². The molecule has 1 N–H and O–H groups in total. The summed E-state index contributed by atoms with van der Waals surface area (Å²) in [7, 11) is 0. The van der Waals surface area contributed by atoms with Gasteiger partial charge < -0.3 is 4.42 Å². The largest absolute Gasteiger partial charge is 0.464 e. The highest BCUT2D eigenvalue weighted by Gasteiger charge is 2.30. The van der Waals surface area contributed by atoms with Crippen LogP contribution in [0.1, 0.15) is 24.3 Å². The van der Waals surface area contributed by atoms with Gasteiger partial charge >= 0.3 is 0 Å². The van der Waals surface area contributed by atoms with Crippen LogP contribution in [0.5, 0.6) is 0 Å². The number of pyridine rings is 1. The van der Waals surface area contributed by atoms with E-state index in [0.717, 1.165) is 27.4 Å². The monoisotopic (exact) mass is 280 g/mol. The van der Waals surface area contributed by atoms with Crippen LogP contribution in [-0.4, -0.2) is 16.8 Å². The Bertz CT molecular complexity index is 881. The molecule has 5 heteroatoms. The van der Waals surface area contributed by atoms with Crippen LogP contribution in [0.4, 0.5) is 0 Å². The zero-order valence-electron chi connectivity index (χ0n) is 11.1. The van der Waals surface area contributed by atoms with Crippen LogP contribution in [0.3, 0.4) is 0 Å². The normalized spacial score (nSPS) is 19.1. The number of amides is 2. The Morgan fingerprint density at radius 2 is 2.14 bits per heavy atom. The maximum Gasteiger partial charge on any atom is 0.234 e. The number of benzene rings is 1. The molecule has 1 saturated heterocycles. The quantitative estimate of drug-likeness (QED) is 0.695. The molecule has 1 aliphatic rings. The molecule has 4 rings (SSSR count). The van der Waals surface area contributed by atoms with Crippen molar-refractivity contribution < 1.29 is 14.0 Å². The average molecular weight is 280 g/mol. The lowest BCUT2D eigenvalue weighted by atomic mass is 9.89. The highest BCUT2D eigenvalue weighted by atomic mass is 16.3. The lowest BCUT2D eigenvalue weighted by Crippen LogP contribution is -2.39. The fourth-order valence-electron chi connectivity index (χ4n) is 2.96. The third kappa shape index (κ3) is 1.81. The Morgan fingerprint density at radius 1 is 1.24 bits per heavy atom. The molecule has 2 amide bonds. The number of hydrogen-bond acceptors (Lipinski definition) is 4. The molecule has 1 fully saturated rings. The number of rotatable bonds is 1. The molecule has 0 spiro atoms. The van der Waals surface area contributed by atoms with Gasteiger partial charge in [0.15, 0.2) is 0 Å². The van der Waals surface area contributed by atoms with Gasteiger partial charge in [0.2, 0.25) is 11.8 Å². The molecule has 1 aromatic carbocycles. The Balaban J connectivity index is 1.95. The molecule has 5 nitrogen and oxygen atoms in total. The number of aromatic nitrogens is 1. The number of piperidine rings is 1. The molecule has 1 aliphatic heterocycles. The molecule has 0 saturated carbocycles. The van der Waals surface area contributed by atoms with Gasteiger partial charge in [0, 0.05) is 29.0 Å². The number of carbonyl (C=O) groups is 2. The minimum absolute atomic E-state index is 0.212. The van der Waals surface area contributed by atoms with Gasteiger partial charge in [-0.15, -0.1) is 0 Å². The average Bonchev–Trinajstić information content (AvgIpc) is 2.91. The SMILES string of the molecule is O=C1CC[C@@H](c2coc3ccc4ncccc4c23)C(=O)N1. The Hall–Kier alpha value is -2.69. The van der Waals surface area contributed by atoms with Crippen LogP contribution in [-0.2, 0) is 9.59 Å². The van der Waals surface area contributed by atoms with Crippen molar-refractivity contribution in [2.75, 3.05) is 0 Å². The van der Waals surface area contributed by atoms with E-state index in [4.69, 9.17) is 4.42 Å². The van der Waals surface area contributed by atoms with E-state index in [1.165, 1.54) is 0 Å². The van der Waals surface area contributed by atoms with Crippen molar-refractivity contribution in [3.05, 3.63) is 42.3 Å². The van der Waals surface area contributed by atoms with Crippen LogP contribution in [0.2, 0.25) is 0 Å². The van der Waals surface area contributed by atoms with Crippen LogP contribution in [0, 0.1) is 0 Å². The molecule has 1 atom stereocenters. The van der Waals surface area contributed by atoms with E-state index in [1.807, 2.05) is 24.3 Å². The van der Waals surface area contributed by atoms with Gasteiger partial charge in [-0.25, -0.2) is 0 Å². The summed E-state index contributed by atoms with van der Waals surface area (Å²) in [5, 5.41) is 4.27. The molecule has 0 unspecified atom stereocenters. The predicted molar refractivity (Wildman–Crippen MR) is 76.6 cm³/mol. The van der Waals surface area contributed by atoms with Gasteiger partial charge in [-0.1, -0.05) is 6.07 Å². The summed E-state index contributed by atoms with van der Waals surface area (Å²) in [5.74, 6) is -0.819. The van der Waals surface area contributed by atoms with Gasteiger partial charge in [0.05, 0.1) is 17.7 Å². The maximum absolute atomic E-state index is 12.1. The zero-order chi connectivity index (χ0) is 14.4. The zero-order valence-corrected chi connectivity index (χ0v) is 11.1. The number of furan rings is 1. The van der Waals surface area contributed by atoms with E-state index in [0.29, 0.717) is 12.8 Å². The molecule has 104 valence electrons. The van der Waals surface area contributed by atoms with E-state index in [1.54, 1.807) is 12.5 Å². The summed E-state index contributed by atoms with van der Waals surface area (Å²) in [4.78, 5) is 27.7. The minimum atomic E-state index is -0.352. The molecular weight excluding hydrogens is 268 g/mol. The first kappa shape index (κ1) is 12.1. The smallest absolute Gasteiger partial charge is 0.234 e. The third-order valence-electron chi connectivity index (χ3n) is 3.96. The second-order valence-electron chi connectivity index (χ2n) is 5.20. The first-order valence-electron chi connectivity index (χ1n) is 6.82. The summed E-state index contributed by atoms with van der Waals surface area (Å²) in [5.41, 5.74) is 2.42. The summed E-state index contributed by atoms with van der Waals surface area (Å²) in [6.07, 6.45) is 4.22. The number of fused-ring (bicyclic) bond motifs is 3. The number of nitrogens with zero attached hydrogens (tertiary/aromatic N) is 1. The van der Waals surface area contributed by atoms with Crippen molar-refractivity contribution in [1.29, 1.82) is 0 Å². The number of imide groups is 1. The fraction of sp³-hybridized carbons (Fsp3) is 0.188. The highest BCUT2D eigenvalue weighted by Crippen LogP contribution is 2.36. The van der Waals surface area contributed by atoms with Crippen molar-refractivity contribution in [2.45, 2.75) is 18.8 Å². The van der Waals surface area contributed by atoms with Gasteiger partial charge in [-0.3, -0.25) is 19.9 Å². The highest BCUT2D eigenvalue weighted by molar-refractivity contribution is 6.09. The fourth-order valence-corrected chi connectivity index (χ4v) is 2.96. The summed E-state index contributed by atoms with van der Waals surface area (Å²) in [6.45, 7) is 0. The first-order chi connectivity index (χ1) is 10.2. The molecular formula is C16H12N2O3. The van der Waals surface area contributed by atoms with Crippen molar-refractivity contribution in [2.24, 2.45) is 0 Å². The van der Waals surface area contributed by atoms with E-state index in [9.17, 15) is 9.59 Å². The van der Waals surface area contributed by atoms with Crippen LogP contribution >= 0.6 is 0 Å². The van der Waals surface area contributed by atoms with Crippen molar-refractivity contribution in [1.82, 2.24) is 10.3 Å². The number of carbonyl (C=O) groups excluding carboxylic acids is 2. The van der Waals surface area contributed by atoms with Gasteiger partial charge in [0.1, 0.15) is 5.58 Å². The predicted octanol–water partition coefficient (Wildman–Crippen LogP) is 2.50. The van der Waals surface area contributed by atoms with Crippen LogP contribution in [0.25, 0.3) is 21.9 Å². The molecule has 21 heavy (non-hydrogen) atoms. The molecule has 0 bridgehead atoms. The molecule has 2 aromatic heterocycles. The van der Waals surface area contributed by atoms with E-state index < -0.39 is 0 Å². The summed E-state index contributed by atoms with van der Waals surface area (Å²) in [6, 6.07) is 7.59. The standard InChI is InChI=1S/C16H12N2O3/c19-14-6-3-9(16(20)18-14)11-8-21-13-5-4-12-10(15(11)13)2-1-7-17-12/h1-2,4-5,7-9H,3,6H2,(H,18,19,20)/t9-/m0/s1. The topological polar surface area (TPSA) is 72.2 Å². The number of nitrogens with one attached hydrogen (secondary N) is 1. The lowest BCUT2D eigenvalue weighted by Gasteiger charge is -2.20.